The number of amides is 1. The lowest BCUT2D eigenvalue weighted by Crippen LogP contribution is -2.27. The highest BCUT2D eigenvalue weighted by atomic mass is 16.1. The first-order valence-corrected chi connectivity index (χ1v) is 6.96. The molecule has 1 amide bonds. The quantitative estimate of drug-likeness (QED) is 0.884. The van der Waals surface area contributed by atoms with Gasteiger partial charge in [-0.25, -0.2) is 9.97 Å². The van der Waals surface area contributed by atoms with Gasteiger partial charge >= 0.3 is 0 Å². The minimum atomic E-state index is -0.182. The number of rotatable bonds is 5. The molecule has 1 aromatic heterocycles. The van der Waals surface area contributed by atoms with Crippen molar-refractivity contribution >= 4 is 17.5 Å². The molecule has 0 spiro atoms. The maximum Gasteiger partial charge on any atom is 0.254 e. The third-order valence-corrected chi connectivity index (χ3v) is 2.86. The second-order valence-electron chi connectivity index (χ2n) is 5.21. The smallest absolute Gasteiger partial charge is 0.254 e. The van der Waals surface area contributed by atoms with Gasteiger partial charge in [0.05, 0.1) is 17.2 Å². The molecule has 6 nitrogen and oxygen atoms in total. The molecule has 0 fully saturated rings. The van der Waals surface area contributed by atoms with Gasteiger partial charge in [-0.2, -0.15) is 5.26 Å². The topological polar surface area (TPSA) is 90.7 Å². The summed E-state index contributed by atoms with van der Waals surface area (Å²) in [5.41, 5.74) is 1.78. The first kappa shape index (κ1) is 15.4. The van der Waals surface area contributed by atoms with Crippen LogP contribution in [0.2, 0.25) is 0 Å². The van der Waals surface area contributed by atoms with Gasteiger partial charge in [-0.05, 0) is 30.2 Å². The molecule has 2 N–H and O–H groups in total. The van der Waals surface area contributed by atoms with E-state index in [4.69, 9.17) is 5.26 Å². The Balaban J connectivity index is 1.99. The second kappa shape index (κ2) is 7.18. The Bertz CT molecular complexity index is 671. The molecule has 0 atom stereocenters. The number of carbonyl (C=O) groups excluding carboxylic acids is 1. The van der Waals surface area contributed by atoms with Crippen LogP contribution in [0.3, 0.4) is 0 Å². The van der Waals surface area contributed by atoms with Gasteiger partial charge in [-0.3, -0.25) is 4.79 Å². The lowest BCUT2D eigenvalue weighted by atomic mass is 10.2. The molecule has 22 heavy (non-hydrogen) atoms. The van der Waals surface area contributed by atoms with Crippen LogP contribution in [-0.2, 0) is 0 Å². The van der Waals surface area contributed by atoms with Crippen molar-refractivity contribution in [3.63, 3.8) is 0 Å². The largest absolute Gasteiger partial charge is 0.352 e. The van der Waals surface area contributed by atoms with Crippen LogP contribution in [0.5, 0.6) is 0 Å². The molecule has 0 aliphatic carbocycles. The molecule has 0 aliphatic heterocycles. The number of hydrogen-bond acceptors (Lipinski definition) is 5. The average Bonchev–Trinajstić information content (AvgIpc) is 2.54. The molecule has 0 radical (unpaired) electrons. The summed E-state index contributed by atoms with van der Waals surface area (Å²) in [5.74, 6) is 0.603. The van der Waals surface area contributed by atoms with E-state index < -0.39 is 0 Å². The van der Waals surface area contributed by atoms with Crippen molar-refractivity contribution in [1.29, 1.82) is 5.26 Å². The fraction of sp³-hybridized carbons (Fsp3) is 0.250. The second-order valence-corrected chi connectivity index (χ2v) is 5.21. The Hall–Kier alpha value is -2.94. The number of nitrogens with zero attached hydrogens (tertiary/aromatic N) is 3. The predicted octanol–water partition coefficient (Wildman–Crippen LogP) is 2.48. The Kier molecular flexibility index (Phi) is 5.04. The van der Waals surface area contributed by atoms with Crippen LogP contribution in [0.4, 0.5) is 11.6 Å². The van der Waals surface area contributed by atoms with Crippen molar-refractivity contribution in [3.05, 3.63) is 47.8 Å². The van der Waals surface area contributed by atoms with Crippen LogP contribution in [0.25, 0.3) is 0 Å². The summed E-state index contributed by atoms with van der Waals surface area (Å²) in [6, 6.07) is 9.00. The van der Waals surface area contributed by atoms with E-state index in [9.17, 15) is 4.79 Å². The van der Waals surface area contributed by atoms with E-state index in [1.807, 2.05) is 13.8 Å². The van der Waals surface area contributed by atoms with Crippen LogP contribution in [0, 0.1) is 17.2 Å². The van der Waals surface area contributed by atoms with E-state index in [1.165, 1.54) is 12.4 Å². The summed E-state index contributed by atoms with van der Waals surface area (Å²) >= 11 is 0. The number of anilines is 2. The van der Waals surface area contributed by atoms with Crippen molar-refractivity contribution in [2.45, 2.75) is 13.8 Å². The van der Waals surface area contributed by atoms with Crippen LogP contribution in [-0.4, -0.2) is 22.4 Å². The Morgan fingerprint density at radius 2 is 1.86 bits per heavy atom. The molecule has 0 saturated carbocycles. The van der Waals surface area contributed by atoms with E-state index in [0.717, 1.165) is 5.69 Å². The van der Waals surface area contributed by atoms with Gasteiger partial charge in [0, 0.05) is 24.6 Å². The zero-order valence-corrected chi connectivity index (χ0v) is 12.5. The molecular formula is C16H17N5O. The zero-order valence-electron chi connectivity index (χ0n) is 12.5. The fourth-order valence-electron chi connectivity index (χ4n) is 1.67. The molecule has 1 aromatic carbocycles. The fourth-order valence-corrected chi connectivity index (χ4v) is 1.67. The molecule has 0 aliphatic rings. The van der Waals surface area contributed by atoms with E-state index in [-0.39, 0.29) is 5.91 Å². The summed E-state index contributed by atoms with van der Waals surface area (Å²) in [7, 11) is 0. The van der Waals surface area contributed by atoms with Crippen molar-refractivity contribution in [2.24, 2.45) is 5.92 Å². The predicted molar refractivity (Wildman–Crippen MR) is 83.6 cm³/mol. The third-order valence-electron chi connectivity index (χ3n) is 2.86. The highest BCUT2D eigenvalue weighted by molar-refractivity contribution is 5.93. The van der Waals surface area contributed by atoms with Gasteiger partial charge in [-0.1, -0.05) is 13.8 Å². The SMILES string of the molecule is CC(C)CNC(=O)c1cnc(Nc2ccc(C#N)cc2)nc1. The van der Waals surface area contributed by atoms with Crippen molar-refractivity contribution < 1.29 is 4.79 Å². The number of nitriles is 1. The van der Waals surface area contributed by atoms with E-state index >= 15 is 0 Å². The number of nitrogens with one attached hydrogen (secondary N) is 2. The molecule has 2 rings (SSSR count). The Morgan fingerprint density at radius 1 is 1.23 bits per heavy atom. The minimum Gasteiger partial charge on any atom is -0.352 e. The molecule has 0 unspecified atom stereocenters. The summed E-state index contributed by atoms with van der Waals surface area (Å²) in [5, 5.41) is 14.6. The van der Waals surface area contributed by atoms with Crippen molar-refractivity contribution in [2.75, 3.05) is 11.9 Å². The third kappa shape index (κ3) is 4.28. The lowest BCUT2D eigenvalue weighted by molar-refractivity contribution is 0.0948. The highest BCUT2D eigenvalue weighted by Crippen LogP contribution is 2.13. The maximum absolute atomic E-state index is 11.8. The van der Waals surface area contributed by atoms with Crippen molar-refractivity contribution in [3.8, 4) is 6.07 Å². The van der Waals surface area contributed by atoms with Crippen molar-refractivity contribution in [1.82, 2.24) is 15.3 Å². The molecule has 0 bridgehead atoms. The van der Waals surface area contributed by atoms with E-state index in [1.54, 1.807) is 24.3 Å². The Labute approximate surface area is 129 Å². The van der Waals surface area contributed by atoms with Crippen LogP contribution >= 0.6 is 0 Å². The normalized spacial score (nSPS) is 10.1. The minimum absolute atomic E-state index is 0.182. The number of hydrogen-bond donors (Lipinski definition) is 2. The molecule has 0 saturated heterocycles. The molecule has 1 heterocycles. The van der Waals surface area contributed by atoms with Gasteiger partial charge in [-0.15, -0.1) is 0 Å². The summed E-state index contributed by atoms with van der Waals surface area (Å²) in [4.78, 5) is 20.1. The monoisotopic (exact) mass is 295 g/mol. The number of benzene rings is 1. The molecular weight excluding hydrogens is 278 g/mol. The lowest BCUT2D eigenvalue weighted by Gasteiger charge is -2.08. The molecule has 112 valence electrons. The highest BCUT2D eigenvalue weighted by Gasteiger charge is 2.07. The van der Waals surface area contributed by atoms with Gasteiger partial charge < -0.3 is 10.6 Å². The summed E-state index contributed by atoms with van der Waals surface area (Å²) in [6.07, 6.45) is 2.96. The maximum atomic E-state index is 11.8. The first-order chi connectivity index (χ1) is 10.6. The van der Waals surface area contributed by atoms with Crippen LogP contribution < -0.4 is 10.6 Å². The molecule has 2 aromatic rings. The molecule has 6 heteroatoms. The number of carbonyl (C=O) groups is 1. The number of aromatic nitrogens is 2. The Morgan fingerprint density at radius 3 is 2.41 bits per heavy atom. The van der Waals surface area contributed by atoms with E-state index in [2.05, 4.69) is 26.7 Å². The standard InChI is InChI=1S/C16H17N5O/c1-11(2)8-18-15(22)13-9-19-16(20-10-13)21-14-5-3-12(7-17)4-6-14/h3-6,9-11H,8H2,1-2H3,(H,18,22)(H,19,20,21). The van der Waals surface area contributed by atoms with Crippen LogP contribution in [0.15, 0.2) is 36.7 Å². The van der Waals surface area contributed by atoms with Gasteiger partial charge in [0.25, 0.3) is 5.91 Å². The first-order valence-electron chi connectivity index (χ1n) is 6.96. The average molecular weight is 295 g/mol. The summed E-state index contributed by atoms with van der Waals surface area (Å²) in [6.45, 7) is 4.67. The van der Waals surface area contributed by atoms with Crippen LogP contribution in [0.1, 0.15) is 29.8 Å². The van der Waals surface area contributed by atoms with Gasteiger partial charge in [0.2, 0.25) is 5.95 Å². The van der Waals surface area contributed by atoms with Gasteiger partial charge in [0.1, 0.15) is 0 Å². The zero-order chi connectivity index (χ0) is 15.9. The summed E-state index contributed by atoms with van der Waals surface area (Å²) < 4.78 is 0. The van der Waals surface area contributed by atoms with Gasteiger partial charge in [0.15, 0.2) is 0 Å². The van der Waals surface area contributed by atoms with E-state index in [0.29, 0.717) is 29.5 Å².